The second-order valence-corrected chi connectivity index (χ2v) is 6.27. The molecule has 6 heteroatoms. The number of hydrogen-bond acceptors (Lipinski definition) is 3. The molecule has 0 heterocycles. The molecule has 2 rings (SSSR count). The second kappa shape index (κ2) is 5.59. The van der Waals surface area contributed by atoms with E-state index in [9.17, 15) is 12.8 Å². The molecular weight excluding hydrogens is 269 g/mol. The fourth-order valence-electron chi connectivity index (χ4n) is 1.54. The molecule has 0 atom stereocenters. The van der Waals surface area contributed by atoms with E-state index in [1.807, 2.05) is 0 Å². The highest BCUT2D eigenvalue weighted by atomic mass is 32.2. The van der Waals surface area contributed by atoms with E-state index >= 15 is 0 Å². The number of hydrogen-bond donors (Lipinski definition) is 2. The van der Waals surface area contributed by atoms with Gasteiger partial charge in [-0.05, 0) is 31.0 Å². The summed E-state index contributed by atoms with van der Waals surface area (Å²) in [6.07, 6.45) is 1.56. The van der Waals surface area contributed by atoms with Crippen LogP contribution in [0, 0.1) is 17.7 Å². The minimum atomic E-state index is -3.40. The first-order chi connectivity index (χ1) is 9.03. The predicted octanol–water partition coefficient (Wildman–Crippen LogP) is 1.46. The Morgan fingerprint density at radius 2 is 2.16 bits per heavy atom. The maximum atomic E-state index is 13.2. The molecule has 0 amide bonds. The van der Waals surface area contributed by atoms with Crippen molar-refractivity contribution in [2.24, 2.45) is 0 Å². The predicted molar refractivity (Wildman–Crippen MR) is 70.5 cm³/mol. The van der Waals surface area contributed by atoms with E-state index in [0.29, 0.717) is 12.8 Å². The molecule has 0 spiro atoms. The van der Waals surface area contributed by atoms with E-state index in [1.54, 1.807) is 0 Å². The lowest BCUT2D eigenvalue weighted by atomic mass is 10.2. The van der Waals surface area contributed by atoms with Crippen molar-refractivity contribution in [3.8, 4) is 11.8 Å². The van der Waals surface area contributed by atoms with Crippen LogP contribution in [0.3, 0.4) is 0 Å². The Hall–Kier alpha value is -1.58. The van der Waals surface area contributed by atoms with Gasteiger partial charge in [0.25, 0.3) is 0 Å². The summed E-state index contributed by atoms with van der Waals surface area (Å²) in [5, 5.41) is 8.30. The first-order valence-electron chi connectivity index (χ1n) is 5.94. The van der Waals surface area contributed by atoms with Gasteiger partial charge >= 0.3 is 0 Å². The zero-order valence-electron chi connectivity index (χ0n) is 10.2. The van der Waals surface area contributed by atoms with E-state index in [2.05, 4.69) is 16.6 Å². The van der Waals surface area contributed by atoms with Crippen LogP contribution in [0.15, 0.2) is 18.2 Å². The van der Waals surface area contributed by atoms with Crippen molar-refractivity contribution in [2.45, 2.75) is 24.5 Å². The Labute approximate surface area is 111 Å². The molecule has 0 bridgehead atoms. The van der Waals surface area contributed by atoms with Crippen molar-refractivity contribution in [1.29, 1.82) is 0 Å². The lowest BCUT2D eigenvalue weighted by Gasteiger charge is -2.09. The number of anilines is 1. The smallest absolute Gasteiger partial charge is 0.235 e. The third kappa shape index (κ3) is 3.69. The minimum absolute atomic E-state index is 0.0918. The van der Waals surface area contributed by atoms with Crippen LogP contribution in [0.5, 0.6) is 0 Å². The molecule has 1 aromatic rings. The molecule has 2 N–H and O–H groups in total. The summed E-state index contributed by atoms with van der Waals surface area (Å²) in [5.74, 6) is 4.82. The van der Waals surface area contributed by atoms with Gasteiger partial charge in [0.05, 0.1) is 23.1 Å². The average Bonchev–Trinajstić information content (AvgIpc) is 3.17. The van der Waals surface area contributed by atoms with Gasteiger partial charge in [0, 0.05) is 6.42 Å². The van der Waals surface area contributed by atoms with Crippen molar-refractivity contribution in [3.63, 3.8) is 0 Å². The van der Waals surface area contributed by atoms with Crippen LogP contribution in [0.2, 0.25) is 0 Å². The quantitative estimate of drug-likeness (QED) is 0.822. The highest BCUT2D eigenvalue weighted by molar-refractivity contribution is 7.93. The summed E-state index contributed by atoms with van der Waals surface area (Å²) in [6, 6.07) is 3.72. The standard InChI is InChI=1S/C13H14FNO3S/c14-11-4-7-13(10(9-11)3-1-2-8-16)15-19(17,18)12-5-6-12/h4,7,9,12,15-16H,2,5-6,8H2. The van der Waals surface area contributed by atoms with Gasteiger partial charge in [0.15, 0.2) is 0 Å². The van der Waals surface area contributed by atoms with Gasteiger partial charge in [-0.25, -0.2) is 12.8 Å². The number of halogens is 1. The summed E-state index contributed by atoms with van der Waals surface area (Å²) in [6.45, 7) is -0.0918. The monoisotopic (exact) mass is 283 g/mol. The van der Waals surface area contributed by atoms with Crippen LogP contribution in [0.25, 0.3) is 0 Å². The number of nitrogens with one attached hydrogen (secondary N) is 1. The second-order valence-electron chi connectivity index (χ2n) is 4.31. The number of rotatable bonds is 4. The number of aliphatic hydroxyl groups is 1. The van der Waals surface area contributed by atoms with Crippen molar-refractivity contribution in [2.75, 3.05) is 11.3 Å². The van der Waals surface area contributed by atoms with Crippen LogP contribution < -0.4 is 4.72 Å². The van der Waals surface area contributed by atoms with E-state index in [1.165, 1.54) is 18.2 Å². The zero-order valence-corrected chi connectivity index (χ0v) is 11.0. The molecule has 1 fully saturated rings. The van der Waals surface area contributed by atoms with Crippen LogP contribution in [-0.4, -0.2) is 25.4 Å². The first-order valence-corrected chi connectivity index (χ1v) is 7.48. The van der Waals surface area contributed by atoms with Crippen molar-refractivity contribution < 1.29 is 17.9 Å². The lowest BCUT2D eigenvalue weighted by molar-refractivity contribution is 0.305. The number of aliphatic hydroxyl groups excluding tert-OH is 1. The molecule has 1 aliphatic carbocycles. The number of benzene rings is 1. The molecule has 0 radical (unpaired) electrons. The van der Waals surface area contributed by atoms with Crippen LogP contribution in [-0.2, 0) is 10.0 Å². The Morgan fingerprint density at radius 1 is 1.42 bits per heavy atom. The fourth-order valence-corrected chi connectivity index (χ4v) is 2.95. The van der Waals surface area contributed by atoms with Gasteiger partial charge in [-0.3, -0.25) is 4.72 Å². The highest BCUT2D eigenvalue weighted by Gasteiger charge is 2.35. The summed E-state index contributed by atoms with van der Waals surface area (Å²) in [4.78, 5) is 0. The van der Waals surface area contributed by atoms with Gasteiger partial charge in [0.1, 0.15) is 5.82 Å². The molecule has 0 saturated heterocycles. The van der Waals surface area contributed by atoms with E-state index < -0.39 is 15.8 Å². The molecule has 4 nitrogen and oxygen atoms in total. The van der Waals surface area contributed by atoms with Crippen molar-refractivity contribution in [3.05, 3.63) is 29.6 Å². The molecule has 1 aromatic carbocycles. The maximum Gasteiger partial charge on any atom is 0.235 e. The Bertz CT molecular complexity index is 627. The third-order valence-electron chi connectivity index (χ3n) is 2.66. The molecule has 0 unspecified atom stereocenters. The molecular formula is C13H14FNO3S. The minimum Gasteiger partial charge on any atom is -0.395 e. The van der Waals surface area contributed by atoms with Crippen molar-refractivity contribution in [1.82, 2.24) is 0 Å². The highest BCUT2D eigenvalue weighted by Crippen LogP contribution is 2.30. The Kier molecular flexibility index (Phi) is 4.08. The topological polar surface area (TPSA) is 66.4 Å². The SMILES string of the molecule is O=S(=O)(Nc1ccc(F)cc1C#CCCO)C1CC1. The molecule has 1 saturated carbocycles. The summed E-state index contributed by atoms with van der Waals surface area (Å²) < 4.78 is 39.3. The van der Waals surface area contributed by atoms with E-state index in [-0.39, 0.29) is 29.5 Å². The van der Waals surface area contributed by atoms with Gasteiger partial charge in [0.2, 0.25) is 10.0 Å². The largest absolute Gasteiger partial charge is 0.395 e. The fraction of sp³-hybridized carbons (Fsp3) is 0.385. The Morgan fingerprint density at radius 3 is 2.79 bits per heavy atom. The van der Waals surface area contributed by atoms with Gasteiger partial charge in [-0.1, -0.05) is 11.8 Å². The molecule has 1 aliphatic rings. The maximum absolute atomic E-state index is 13.2. The molecule has 102 valence electrons. The zero-order chi connectivity index (χ0) is 13.9. The average molecular weight is 283 g/mol. The molecule has 0 aliphatic heterocycles. The Balaban J connectivity index is 2.27. The van der Waals surface area contributed by atoms with Gasteiger partial charge in [-0.15, -0.1) is 0 Å². The third-order valence-corrected chi connectivity index (χ3v) is 4.51. The summed E-state index contributed by atoms with van der Waals surface area (Å²) in [7, 11) is -3.40. The van der Waals surface area contributed by atoms with Crippen LogP contribution in [0.1, 0.15) is 24.8 Å². The summed E-state index contributed by atoms with van der Waals surface area (Å²) in [5.41, 5.74) is 0.552. The van der Waals surface area contributed by atoms with E-state index in [4.69, 9.17) is 5.11 Å². The number of sulfonamides is 1. The first kappa shape index (κ1) is 13.8. The normalized spacial score (nSPS) is 14.6. The van der Waals surface area contributed by atoms with Gasteiger partial charge in [-0.2, -0.15) is 0 Å². The lowest BCUT2D eigenvalue weighted by Crippen LogP contribution is -2.18. The van der Waals surface area contributed by atoms with Crippen LogP contribution >= 0.6 is 0 Å². The van der Waals surface area contributed by atoms with E-state index in [0.717, 1.165) is 0 Å². The summed E-state index contributed by atoms with van der Waals surface area (Å²) >= 11 is 0. The van der Waals surface area contributed by atoms with Gasteiger partial charge < -0.3 is 5.11 Å². The van der Waals surface area contributed by atoms with Crippen molar-refractivity contribution >= 4 is 15.7 Å². The molecule has 0 aromatic heterocycles. The molecule has 19 heavy (non-hydrogen) atoms. The van der Waals surface area contributed by atoms with Crippen LogP contribution in [0.4, 0.5) is 10.1 Å².